The molecule has 0 saturated heterocycles. The van der Waals surface area contributed by atoms with Gasteiger partial charge in [-0.3, -0.25) is 4.79 Å². The summed E-state index contributed by atoms with van der Waals surface area (Å²) < 4.78 is 31.9. The fourth-order valence-corrected chi connectivity index (χ4v) is 2.21. The van der Waals surface area contributed by atoms with Gasteiger partial charge in [0.05, 0.1) is 6.42 Å². The summed E-state index contributed by atoms with van der Waals surface area (Å²) >= 11 is 0. The fourth-order valence-electron chi connectivity index (χ4n) is 2.21. The summed E-state index contributed by atoms with van der Waals surface area (Å²) in [7, 11) is 0. The second-order valence-electron chi connectivity index (χ2n) is 5.60. The molecule has 0 spiro atoms. The molecule has 7 heteroatoms. The monoisotopic (exact) mass is 362 g/mol. The number of nitrogens with one attached hydrogen (secondary N) is 2. The summed E-state index contributed by atoms with van der Waals surface area (Å²) in [6.07, 6.45) is 0.742. The number of amides is 2. The van der Waals surface area contributed by atoms with Gasteiger partial charge in [0.2, 0.25) is 0 Å². The van der Waals surface area contributed by atoms with E-state index in [4.69, 9.17) is 4.74 Å². The molecule has 0 aliphatic heterocycles. The topological polar surface area (TPSA) is 67.4 Å². The maximum absolute atomic E-state index is 13.6. The number of ether oxygens (including phenoxy) is 1. The Morgan fingerprint density at radius 1 is 1.12 bits per heavy atom. The number of esters is 1. The van der Waals surface area contributed by atoms with Crippen LogP contribution in [0.4, 0.5) is 19.3 Å². The molecule has 0 atom stereocenters. The SMILES string of the molecule is CCCNC(=O)Nc1cccc(OC(=O)CCc2cccc(F)c2F)c1. The lowest BCUT2D eigenvalue weighted by Gasteiger charge is -2.09. The number of carbonyl (C=O) groups is 2. The van der Waals surface area contributed by atoms with Crippen LogP contribution in [0.5, 0.6) is 5.75 Å². The Morgan fingerprint density at radius 3 is 2.65 bits per heavy atom. The van der Waals surface area contributed by atoms with Gasteiger partial charge in [-0.25, -0.2) is 13.6 Å². The predicted molar refractivity (Wildman–Crippen MR) is 94.1 cm³/mol. The zero-order valence-electron chi connectivity index (χ0n) is 14.4. The minimum Gasteiger partial charge on any atom is -0.426 e. The van der Waals surface area contributed by atoms with Gasteiger partial charge < -0.3 is 15.4 Å². The van der Waals surface area contributed by atoms with Gasteiger partial charge in [0.1, 0.15) is 5.75 Å². The summed E-state index contributed by atoms with van der Waals surface area (Å²) in [5, 5.41) is 5.29. The largest absolute Gasteiger partial charge is 0.426 e. The number of urea groups is 1. The predicted octanol–water partition coefficient (Wildman–Crippen LogP) is 4.03. The summed E-state index contributed by atoms with van der Waals surface area (Å²) in [6.45, 7) is 2.49. The summed E-state index contributed by atoms with van der Waals surface area (Å²) in [5.74, 6) is -2.23. The van der Waals surface area contributed by atoms with Gasteiger partial charge in [-0.1, -0.05) is 25.1 Å². The Balaban J connectivity index is 1.89. The quantitative estimate of drug-likeness (QED) is 0.577. The molecule has 0 aliphatic rings. The number of carbonyl (C=O) groups excluding carboxylic acids is 2. The van der Waals surface area contributed by atoms with Crippen LogP contribution in [0.2, 0.25) is 0 Å². The zero-order valence-corrected chi connectivity index (χ0v) is 14.4. The molecule has 2 N–H and O–H groups in total. The lowest BCUT2D eigenvalue weighted by molar-refractivity contribution is -0.134. The number of benzene rings is 2. The van der Waals surface area contributed by atoms with Gasteiger partial charge >= 0.3 is 12.0 Å². The molecule has 0 bridgehead atoms. The average Bonchev–Trinajstić information content (AvgIpc) is 2.61. The van der Waals surface area contributed by atoms with Gasteiger partial charge in [0.15, 0.2) is 11.6 Å². The number of hydrogen-bond acceptors (Lipinski definition) is 3. The van der Waals surface area contributed by atoms with E-state index in [-0.39, 0.29) is 30.2 Å². The van der Waals surface area contributed by atoms with Crippen molar-refractivity contribution in [3.63, 3.8) is 0 Å². The van der Waals surface area contributed by atoms with Crippen molar-refractivity contribution in [2.24, 2.45) is 0 Å². The van der Waals surface area contributed by atoms with Gasteiger partial charge in [-0.2, -0.15) is 0 Å². The van der Waals surface area contributed by atoms with E-state index in [0.29, 0.717) is 12.2 Å². The maximum atomic E-state index is 13.6. The van der Waals surface area contributed by atoms with E-state index in [1.807, 2.05) is 6.92 Å². The second kappa shape index (κ2) is 9.50. The van der Waals surface area contributed by atoms with Crippen LogP contribution < -0.4 is 15.4 Å². The van der Waals surface area contributed by atoms with Crippen LogP contribution in [0.15, 0.2) is 42.5 Å². The molecule has 0 radical (unpaired) electrons. The normalized spacial score (nSPS) is 10.3. The molecule has 138 valence electrons. The van der Waals surface area contributed by atoms with Crippen LogP contribution in [0.3, 0.4) is 0 Å². The molecule has 0 unspecified atom stereocenters. The highest BCUT2D eigenvalue weighted by Gasteiger charge is 2.11. The molecule has 2 amide bonds. The van der Waals surface area contributed by atoms with E-state index in [1.54, 1.807) is 18.2 Å². The fraction of sp³-hybridized carbons (Fsp3) is 0.263. The summed E-state index contributed by atoms with van der Waals surface area (Å²) in [4.78, 5) is 23.5. The van der Waals surface area contributed by atoms with Crippen molar-refractivity contribution in [2.75, 3.05) is 11.9 Å². The molecule has 0 saturated carbocycles. The van der Waals surface area contributed by atoms with Crippen LogP contribution in [0.25, 0.3) is 0 Å². The molecule has 2 aromatic carbocycles. The summed E-state index contributed by atoms with van der Waals surface area (Å²) in [5.41, 5.74) is 0.588. The number of anilines is 1. The first-order valence-electron chi connectivity index (χ1n) is 8.28. The van der Waals surface area contributed by atoms with Crippen molar-refractivity contribution in [1.29, 1.82) is 0 Å². The summed E-state index contributed by atoms with van der Waals surface area (Å²) in [6, 6.07) is 9.84. The number of aryl methyl sites for hydroxylation is 1. The van der Waals surface area contributed by atoms with Crippen LogP contribution in [0, 0.1) is 11.6 Å². The van der Waals surface area contributed by atoms with E-state index in [2.05, 4.69) is 10.6 Å². The van der Waals surface area contributed by atoms with E-state index in [1.165, 1.54) is 18.2 Å². The second-order valence-corrected chi connectivity index (χ2v) is 5.60. The lowest BCUT2D eigenvalue weighted by atomic mass is 10.1. The standard InChI is InChI=1S/C19H20F2N2O3/c1-2-11-22-19(25)23-14-6-4-7-15(12-14)26-17(24)10-9-13-5-3-8-16(20)18(13)21/h3-8,12H,2,9-11H2,1H3,(H2,22,23,25). The molecule has 0 heterocycles. The molecule has 2 rings (SSSR count). The Labute approximate surface area is 150 Å². The third-order valence-corrected chi connectivity index (χ3v) is 3.49. The van der Waals surface area contributed by atoms with Crippen molar-refractivity contribution >= 4 is 17.7 Å². The van der Waals surface area contributed by atoms with Gasteiger partial charge in [0, 0.05) is 18.3 Å². The highest BCUT2D eigenvalue weighted by molar-refractivity contribution is 5.89. The lowest BCUT2D eigenvalue weighted by Crippen LogP contribution is -2.29. The Morgan fingerprint density at radius 2 is 1.88 bits per heavy atom. The van der Waals surface area contributed by atoms with Crippen molar-refractivity contribution in [3.05, 3.63) is 59.7 Å². The molecule has 0 aromatic heterocycles. The molecular formula is C19H20F2N2O3. The smallest absolute Gasteiger partial charge is 0.319 e. The van der Waals surface area contributed by atoms with E-state index >= 15 is 0 Å². The third kappa shape index (κ3) is 5.84. The number of hydrogen-bond donors (Lipinski definition) is 2. The highest BCUT2D eigenvalue weighted by atomic mass is 19.2. The molecule has 0 fully saturated rings. The minimum atomic E-state index is -0.954. The minimum absolute atomic E-state index is 0.0276. The van der Waals surface area contributed by atoms with E-state index < -0.39 is 17.6 Å². The van der Waals surface area contributed by atoms with Gasteiger partial charge in [-0.05, 0) is 36.6 Å². The van der Waals surface area contributed by atoms with Crippen molar-refractivity contribution in [3.8, 4) is 5.75 Å². The van der Waals surface area contributed by atoms with Gasteiger partial charge in [0.25, 0.3) is 0 Å². The first-order valence-corrected chi connectivity index (χ1v) is 8.28. The van der Waals surface area contributed by atoms with E-state index in [9.17, 15) is 18.4 Å². The van der Waals surface area contributed by atoms with Gasteiger partial charge in [-0.15, -0.1) is 0 Å². The molecule has 5 nitrogen and oxygen atoms in total. The Bertz CT molecular complexity index is 781. The first-order chi connectivity index (χ1) is 12.5. The van der Waals surface area contributed by atoms with Crippen LogP contribution in [-0.4, -0.2) is 18.5 Å². The van der Waals surface area contributed by atoms with Crippen LogP contribution >= 0.6 is 0 Å². The zero-order chi connectivity index (χ0) is 18.9. The van der Waals surface area contributed by atoms with Crippen molar-refractivity contribution in [2.45, 2.75) is 26.2 Å². The molecular weight excluding hydrogens is 342 g/mol. The van der Waals surface area contributed by atoms with Crippen molar-refractivity contribution < 1.29 is 23.1 Å². The Kier molecular flexibility index (Phi) is 7.08. The molecule has 26 heavy (non-hydrogen) atoms. The first kappa shape index (κ1) is 19.4. The third-order valence-electron chi connectivity index (χ3n) is 3.49. The Hall–Kier alpha value is -2.96. The average molecular weight is 362 g/mol. The molecule has 0 aliphatic carbocycles. The maximum Gasteiger partial charge on any atom is 0.319 e. The number of rotatable bonds is 7. The van der Waals surface area contributed by atoms with Crippen LogP contribution in [0.1, 0.15) is 25.3 Å². The highest BCUT2D eigenvalue weighted by Crippen LogP contribution is 2.19. The van der Waals surface area contributed by atoms with Crippen LogP contribution in [-0.2, 0) is 11.2 Å². The van der Waals surface area contributed by atoms with E-state index in [0.717, 1.165) is 12.5 Å². The number of halogens is 2. The van der Waals surface area contributed by atoms with Crippen molar-refractivity contribution in [1.82, 2.24) is 5.32 Å². The molecule has 2 aromatic rings.